The van der Waals surface area contributed by atoms with Gasteiger partial charge in [-0.2, -0.15) is 0 Å². The Hall–Kier alpha value is -2.54. The quantitative estimate of drug-likeness (QED) is 0.771. The average Bonchev–Trinajstić information content (AvgIpc) is 3.17. The topological polar surface area (TPSA) is 85.3 Å². The minimum absolute atomic E-state index is 0.0727. The fraction of sp³-hybridized carbons (Fsp3) is 0.188. The van der Waals surface area contributed by atoms with Gasteiger partial charge in [0.2, 0.25) is 5.76 Å². The fourth-order valence-electron chi connectivity index (χ4n) is 2.22. The zero-order valence-corrected chi connectivity index (χ0v) is 13.6. The van der Waals surface area contributed by atoms with Gasteiger partial charge in [-0.1, -0.05) is 24.2 Å². The van der Waals surface area contributed by atoms with Crippen molar-refractivity contribution in [2.24, 2.45) is 0 Å². The highest BCUT2D eigenvalue weighted by atomic mass is 32.2. The van der Waals surface area contributed by atoms with Crippen LogP contribution >= 0.6 is 0 Å². The minimum Gasteiger partial charge on any atom is -0.456 e. The van der Waals surface area contributed by atoms with Crippen LogP contribution < -0.4 is 4.72 Å². The molecule has 7 heteroatoms. The Bertz CT molecular complexity index is 894. The number of nitrogens with one attached hydrogen (secondary N) is 1. The maximum Gasteiger partial charge on any atom is 0.265 e. The molecule has 0 saturated carbocycles. The minimum atomic E-state index is -3.74. The van der Waals surface area contributed by atoms with E-state index >= 15 is 0 Å². The maximum absolute atomic E-state index is 12.5. The van der Waals surface area contributed by atoms with Crippen molar-refractivity contribution < 1.29 is 17.4 Å². The summed E-state index contributed by atoms with van der Waals surface area (Å²) >= 11 is 0. The Balaban J connectivity index is 1.90. The molecule has 0 aliphatic carbocycles. The van der Waals surface area contributed by atoms with Crippen LogP contribution in [-0.2, 0) is 16.4 Å². The number of sulfonamides is 1. The number of nitrogens with zero attached hydrogens (tertiary/aromatic N) is 1. The Morgan fingerprint density at radius 2 is 1.87 bits per heavy atom. The largest absolute Gasteiger partial charge is 0.456 e. The number of hydrogen-bond acceptors (Lipinski definition) is 5. The van der Waals surface area contributed by atoms with Crippen LogP contribution in [0.25, 0.3) is 11.5 Å². The predicted molar refractivity (Wildman–Crippen MR) is 85.6 cm³/mol. The first kappa shape index (κ1) is 15.4. The first-order valence-corrected chi connectivity index (χ1v) is 8.61. The number of benzene rings is 1. The van der Waals surface area contributed by atoms with Gasteiger partial charge in [0.05, 0.1) is 6.20 Å². The second-order valence-electron chi connectivity index (χ2n) is 5.06. The van der Waals surface area contributed by atoms with Crippen LogP contribution in [0.2, 0.25) is 0 Å². The number of rotatable bonds is 5. The maximum atomic E-state index is 12.5. The third-order valence-electron chi connectivity index (χ3n) is 3.46. The second-order valence-corrected chi connectivity index (χ2v) is 6.71. The molecule has 0 atom stereocenters. The molecule has 0 fully saturated rings. The normalized spacial score (nSPS) is 11.6. The van der Waals surface area contributed by atoms with Crippen LogP contribution in [-0.4, -0.2) is 13.6 Å². The van der Waals surface area contributed by atoms with E-state index in [4.69, 9.17) is 8.94 Å². The van der Waals surface area contributed by atoms with E-state index in [0.717, 1.165) is 12.0 Å². The first-order chi connectivity index (χ1) is 11.0. The lowest BCUT2D eigenvalue weighted by molar-refractivity contribution is 0.414. The molecular weight excluding hydrogens is 316 g/mol. The van der Waals surface area contributed by atoms with Crippen LogP contribution in [0.3, 0.4) is 0 Å². The number of anilines is 1. The molecule has 1 aromatic carbocycles. The molecule has 0 aliphatic heterocycles. The summed E-state index contributed by atoms with van der Waals surface area (Å²) in [6.07, 6.45) is 2.36. The molecule has 3 rings (SSSR count). The molecule has 0 radical (unpaired) electrons. The molecule has 6 nitrogen and oxygen atoms in total. The summed E-state index contributed by atoms with van der Waals surface area (Å²) < 4.78 is 38.1. The van der Waals surface area contributed by atoms with Gasteiger partial charge in [0.1, 0.15) is 10.7 Å². The molecule has 3 aromatic rings. The van der Waals surface area contributed by atoms with E-state index in [1.54, 1.807) is 25.1 Å². The van der Waals surface area contributed by atoms with Gasteiger partial charge in [-0.15, -0.1) is 0 Å². The highest BCUT2D eigenvalue weighted by molar-refractivity contribution is 7.92. The molecule has 0 saturated heterocycles. The molecule has 2 aromatic heterocycles. The van der Waals surface area contributed by atoms with E-state index in [-0.39, 0.29) is 10.7 Å². The SMILES string of the molecule is CCc1ccc(NS(=O)(=O)c2cc(-c3ccno3)oc2C)cc1. The van der Waals surface area contributed by atoms with Crippen molar-refractivity contribution in [2.75, 3.05) is 4.72 Å². The van der Waals surface area contributed by atoms with Gasteiger partial charge < -0.3 is 8.94 Å². The van der Waals surface area contributed by atoms with Gasteiger partial charge in [0, 0.05) is 17.8 Å². The summed E-state index contributed by atoms with van der Waals surface area (Å²) in [5.41, 5.74) is 1.64. The van der Waals surface area contributed by atoms with Crippen LogP contribution in [0.5, 0.6) is 0 Å². The van der Waals surface area contributed by atoms with Crippen LogP contribution in [0, 0.1) is 6.92 Å². The molecule has 2 heterocycles. The first-order valence-electron chi connectivity index (χ1n) is 7.13. The van der Waals surface area contributed by atoms with Crippen molar-refractivity contribution in [1.82, 2.24) is 5.16 Å². The lowest BCUT2D eigenvalue weighted by Gasteiger charge is -2.07. The van der Waals surface area contributed by atoms with E-state index < -0.39 is 10.0 Å². The summed E-state index contributed by atoms with van der Waals surface area (Å²) in [5, 5.41) is 3.58. The van der Waals surface area contributed by atoms with Crippen LogP contribution in [0.15, 0.2) is 56.4 Å². The van der Waals surface area contributed by atoms with E-state index in [0.29, 0.717) is 17.2 Å². The third kappa shape index (κ3) is 3.14. The van der Waals surface area contributed by atoms with Gasteiger partial charge >= 0.3 is 0 Å². The fourth-order valence-corrected chi connectivity index (χ4v) is 3.45. The number of aryl methyl sites for hydroxylation is 2. The van der Waals surface area contributed by atoms with E-state index in [1.165, 1.54) is 12.3 Å². The highest BCUT2D eigenvalue weighted by Gasteiger charge is 2.23. The Kier molecular flexibility index (Phi) is 3.96. The van der Waals surface area contributed by atoms with Crippen molar-refractivity contribution in [2.45, 2.75) is 25.2 Å². The summed E-state index contributed by atoms with van der Waals surface area (Å²) in [5.74, 6) is 0.984. The molecule has 23 heavy (non-hydrogen) atoms. The zero-order chi connectivity index (χ0) is 16.4. The standard InChI is InChI=1S/C16H16N2O4S/c1-3-12-4-6-13(7-5-12)18-23(19,20)16-10-15(21-11(16)2)14-8-9-17-22-14/h4-10,18H,3H2,1-2H3. The van der Waals surface area contributed by atoms with Crippen LogP contribution in [0.1, 0.15) is 18.2 Å². The Morgan fingerprint density at radius 1 is 1.13 bits per heavy atom. The molecule has 0 spiro atoms. The average molecular weight is 332 g/mol. The highest BCUT2D eigenvalue weighted by Crippen LogP contribution is 2.29. The van der Waals surface area contributed by atoms with E-state index in [2.05, 4.69) is 9.88 Å². The molecule has 0 bridgehead atoms. The predicted octanol–water partition coefficient (Wildman–Crippen LogP) is 3.61. The molecule has 0 aliphatic rings. The molecule has 0 amide bonds. The van der Waals surface area contributed by atoms with Gasteiger partial charge in [-0.05, 0) is 31.0 Å². The number of hydrogen-bond donors (Lipinski definition) is 1. The van der Waals surface area contributed by atoms with E-state index in [9.17, 15) is 8.42 Å². The van der Waals surface area contributed by atoms with Gasteiger partial charge in [-0.3, -0.25) is 4.72 Å². The van der Waals surface area contributed by atoms with Crippen molar-refractivity contribution in [3.8, 4) is 11.5 Å². The van der Waals surface area contributed by atoms with Gasteiger partial charge in [0.15, 0.2) is 5.76 Å². The molecule has 1 N–H and O–H groups in total. The Morgan fingerprint density at radius 3 is 2.48 bits per heavy atom. The second kappa shape index (κ2) is 5.92. The molecule has 0 unspecified atom stereocenters. The van der Waals surface area contributed by atoms with Crippen molar-refractivity contribution >= 4 is 15.7 Å². The van der Waals surface area contributed by atoms with Crippen molar-refractivity contribution in [3.63, 3.8) is 0 Å². The molecule has 120 valence electrons. The Labute approximate surface area is 134 Å². The van der Waals surface area contributed by atoms with Gasteiger partial charge in [-0.25, -0.2) is 8.42 Å². The van der Waals surface area contributed by atoms with Gasteiger partial charge in [0.25, 0.3) is 10.0 Å². The van der Waals surface area contributed by atoms with Crippen molar-refractivity contribution in [1.29, 1.82) is 0 Å². The third-order valence-corrected chi connectivity index (χ3v) is 4.95. The smallest absolute Gasteiger partial charge is 0.265 e. The number of aromatic nitrogens is 1. The zero-order valence-electron chi connectivity index (χ0n) is 12.7. The summed E-state index contributed by atoms with van der Waals surface area (Å²) in [4.78, 5) is 0.0727. The summed E-state index contributed by atoms with van der Waals surface area (Å²) in [7, 11) is -3.74. The lowest BCUT2D eigenvalue weighted by atomic mass is 10.2. The molecular formula is C16H16N2O4S. The lowest BCUT2D eigenvalue weighted by Crippen LogP contribution is -2.13. The monoisotopic (exact) mass is 332 g/mol. The van der Waals surface area contributed by atoms with Crippen LogP contribution in [0.4, 0.5) is 5.69 Å². The summed E-state index contributed by atoms with van der Waals surface area (Å²) in [6, 6.07) is 10.3. The van der Waals surface area contributed by atoms with E-state index in [1.807, 2.05) is 19.1 Å². The summed E-state index contributed by atoms with van der Waals surface area (Å²) in [6.45, 7) is 3.63. The number of furan rings is 1. The van der Waals surface area contributed by atoms with Crippen molar-refractivity contribution in [3.05, 3.63) is 53.9 Å².